The molecule has 0 N–H and O–H groups in total. The second kappa shape index (κ2) is 3.99. The van der Waals surface area contributed by atoms with Gasteiger partial charge in [0, 0.05) is 13.0 Å². The molecule has 0 bridgehead atoms. The summed E-state index contributed by atoms with van der Waals surface area (Å²) in [5, 5.41) is 0.362. The number of halogens is 2. The predicted molar refractivity (Wildman–Crippen MR) is 60.6 cm³/mol. The summed E-state index contributed by atoms with van der Waals surface area (Å²) in [5.74, 6) is 0.0403. The lowest BCUT2D eigenvalue weighted by molar-refractivity contribution is -0.117. The molecular weight excluding hydrogens is 235 g/mol. The SMILES string of the molecule is Cc1cc(N2CC(Cl)CC2=O)cnc1Cl. The minimum atomic E-state index is -0.103. The van der Waals surface area contributed by atoms with Gasteiger partial charge in [-0.25, -0.2) is 4.98 Å². The van der Waals surface area contributed by atoms with E-state index in [4.69, 9.17) is 23.2 Å². The minimum Gasteiger partial charge on any atom is -0.309 e. The van der Waals surface area contributed by atoms with E-state index in [-0.39, 0.29) is 11.3 Å². The van der Waals surface area contributed by atoms with E-state index >= 15 is 0 Å². The van der Waals surface area contributed by atoms with Crippen LogP contribution >= 0.6 is 23.2 Å². The fourth-order valence-electron chi connectivity index (χ4n) is 1.60. The normalized spacial score (nSPS) is 21.1. The van der Waals surface area contributed by atoms with Crippen LogP contribution in [0.3, 0.4) is 0 Å². The zero-order valence-corrected chi connectivity index (χ0v) is 9.72. The van der Waals surface area contributed by atoms with Gasteiger partial charge in [0.1, 0.15) is 5.15 Å². The fraction of sp³-hybridized carbons (Fsp3) is 0.400. The summed E-state index contributed by atoms with van der Waals surface area (Å²) in [6, 6.07) is 1.85. The molecule has 5 heteroatoms. The molecule has 3 nitrogen and oxygen atoms in total. The number of hydrogen-bond donors (Lipinski definition) is 0. The molecule has 1 amide bonds. The number of pyridine rings is 1. The molecule has 80 valence electrons. The molecule has 1 aliphatic rings. The van der Waals surface area contributed by atoms with Crippen molar-refractivity contribution in [3.05, 3.63) is 23.0 Å². The lowest BCUT2D eigenvalue weighted by atomic mass is 10.3. The van der Waals surface area contributed by atoms with Gasteiger partial charge in [0.05, 0.1) is 17.3 Å². The van der Waals surface area contributed by atoms with Crippen LogP contribution in [0, 0.1) is 6.92 Å². The van der Waals surface area contributed by atoms with E-state index in [9.17, 15) is 4.79 Å². The van der Waals surface area contributed by atoms with Gasteiger partial charge < -0.3 is 4.90 Å². The van der Waals surface area contributed by atoms with Crippen molar-refractivity contribution in [3.8, 4) is 0 Å². The molecule has 0 aromatic carbocycles. The smallest absolute Gasteiger partial charge is 0.228 e. The van der Waals surface area contributed by atoms with E-state index in [0.29, 0.717) is 18.1 Å². The first kappa shape index (κ1) is 10.7. The highest BCUT2D eigenvalue weighted by atomic mass is 35.5. The van der Waals surface area contributed by atoms with Gasteiger partial charge >= 0.3 is 0 Å². The molecule has 1 unspecified atom stereocenters. The number of nitrogens with zero attached hydrogens (tertiary/aromatic N) is 2. The van der Waals surface area contributed by atoms with Gasteiger partial charge in [0.2, 0.25) is 5.91 Å². The van der Waals surface area contributed by atoms with Crippen LogP contribution in [0.4, 0.5) is 5.69 Å². The Labute approximate surface area is 98.0 Å². The summed E-state index contributed by atoms with van der Waals surface area (Å²) in [6.45, 7) is 2.40. The van der Waals surface area contributed by atoms with Crippen molar-refractivity contribution in [2.45, 2.75) is 18.7 Å². The highest BCUT2D eigenvalue weighted by molar-refractivity contribution is 6.30. The van der Waals surface area contributed by atoms with E-state index in [2.05, 4.69) is 4.98 Å². The number of aryl methyl sites for hydroxylation is 1. The average molecular weight is 245 g/mol. The Balaban J connectivity index is 2.30. The summed E-state index contributed by atoms with van der Waals surface area (Å²) in [4.78, 5) is 17.2. The number of aromatic nitrogens is 1. The Kier molecular flexibility index (Phi) is 2.85. The number of anilines is 1. The second-order valence-corrected chi connectivity index (χ2v) is 4.58. The molecule has 0 radical (unpaired) electrons. The Morgan fingerprint density at radius 2 is 2.33 bits per heavy atom. The maximum atomic E-state index is 11.6. The van der Waals surface area contributed by atoms with Gasteiger partial charge in [0.25, 0.3) is 0 Å². The lowest BCUT2D eigenvalue weighted by Crippen LogP contribution is -2.24. The standard InChI is InChI=1S/C10H10Cl2N2O/c1-6-2-8(4-13-10(6)12)14-5-7(11)3-9(14)15/h2,4,7H,3,5H2,1H3. The van der Waals surface area contributed by atoms with Crippen molar-refractivity contribution in [1.29, 1.82) is 0 Å². The van der Waals surface area contributed by atoms with Crippen LogP contribution in [0.15, 0.2) is 12.3 Å². The molecule has 0 spiro atoms. The van der Waals surface area contributed by atoms with Gasteiger partial charge in [-0.15, -0.1) is 11.6 Å². The number of carbonyl (C=O) groups excluding carboxylic acids is 1. The Hall–Kier alpha value is -0.800. The highest BCUT2D eigenvalue weighted by Crippen LogP contribution is 2.25. The molecule has 1 saturated heterocycles. The van der Waals surface area contributed by atoms with E-state index in [1.165, 1.54) is 0 Å². The van der Waals surface area contributed by atoms with Crippen LogP contribution in [-0.4, -0.2) is 22.8 Å². The molecule has 15 heavy (non-hydrogen) atoms. The number of carbonyl (C=O) groups is 1. The summed E-state index contributed by atoms with van der Waals surface area (Å²) in [6.07, 6.45) is 1.99. The van der Waals surface area contributed by atoms with Crippen LogP contribution < -0.4 is 4.90 Å². The molecule has 1 atom stereocenters. The van der Waals surface area contributed by atoms with Crippen molar-refractivity contribution >= 4 is 34.8 Å². The van der Waals surface area contributed by atoms with Crippen LogP contribution in [0.2, 0.25) is 5.15 Å². The third-order valence-electron chi connectivity index (χ3n) is 2.39. The summed E-state index contributed by atoms with van der Waals surface area (Å²) < 4.78 is 0. The van der Waals surface area contributed by atoms with Gasteiger partial charge in [0.15, 0.2) is 0 Å². The van der Waals surface area contributed by atoms with E-state index in [1.807, 2.05) is 13.0 Å². The Morgan fingerprint density at radius 1 is 1.60 bits per heavy atom. The van der Waals surface area contributed by atoms with Crippen molar-refractivity contribution in [1.82, 2.24) is 4.98 Å². The average Bonchev–Trinajstić information content (AvgIpc) is 2.50. The zero-order chi connectivity index (χ0) is 11.0. The third-order valence-corrected chi connectivity index (χ3v) is 3.08. The number of hydrogen-bond acceptors (Lipinski definition) is 2. The quantitative estimate of drug-likeness (QED) is 0.562. The molecule has 1 aromatic heterocycles. The Morgan fingerprint density at radius 3 is 2.87 bits per heavy atom. The third kappa shape index (κ3) is 2.08. The predicted octanol–water partition coefficient (Wildman–Crippen LogP) is 2.39. The van der Waals surface area contributed by atoms with Crippen molar-refractivity contribution < 1.29 is 4.79 Å². The van der Waals surface area contributed by atoms with E-state index < -0.39 is 0 Å². The van der Waals surface area contributed by atoms with E-state index in [0.717, 1.165) is 11.3 Å². The summed E-state index contributed by atoms with van der Waals surface area (Å²) in [5.41, 5.74) is 1.63. The summed E-state index contributed by atoms with van der Waals surface area (Å²) >= 11 is 11.7. The summed E-state index contributed by atoms with van der Waals surface area (Å²) in [7, 11) is 0. The van der Waals surface area contributed by atoms with Crippen LogP contribution in [0.1, 0.15) is 12.0 Å². The molecule has 2 rings (SSSR count). The topological polar surface area (TPSA) is 33.2 Å². The molecule has 1 aromatic rings. The maximum absolute atomic E-state index is 11.6. The molecule has 0 saturated carbocycles. The monoisotopic (exact) mass is 244 g/mol. The largest absolute Gasteiger partial charge is 0.309 e. The first-order valence-corrected chi connectivity index (χ1v) is 5.46. The molecule has 1 aliphatic heterocycles. The van der Waals surface area contributed by atoms with Crippen LogP contribution in [-0.2, 0) is 4.79 Å². The van der Waals surface area contributed by atoms with Gasteiger partial charge in [-0.05, 0) is 18.6 Å². The first-order chi connectivity index (χ1) is 7.08. The fourth-order valence-corrected chi connectivity index (χ4v) is 1.98. The van der Waals surface area contributed by atoms with Gasteiger partial charge in [-0.1, -0.05) is 11.6 Å². The number of rotatable bonds is 1. The Bertz CT molecular complexity index is 408. The highest BCUT2D eigenvalue weighted by Gasteiger charge is 2.29. The lowest BCUT2D eigenvalue weighted by Gasteiger charge is -2.15. The molecular formula is C10H10Cl2N2O. The maximum Gasteiger partial charge on any atom is 0.228 e. The zero-order valence-electron chi connectivity index (χ0n) is 8.20. The molecule has 2 heterocycles. The molecule has 1 fully saturated rings. The molecule has 0 aliphatic carbocycles. The second-order valence-electron chi connectivity index (χ2n) is 3.61. The van der Waals surface area contributed by atoms with Crippen LogP contribution in [0.5, 0.6) is 0 Å². The minimum absolute atomic E-state index is 0.0403. The number of alkyl halides is 1. The van der Waals surface area contributed by atoms with Gasteiger partial charge in [-0.3, -0.25) is 4.79 Å². The van der Waals surface area contributed by atoms with Crippen molar-refractivity contribution in [2.24, 2.45) is 0 Å². The van der Waals surface area contributed by atoms with Gasteiger partial charge in [-0.2, -0.15) is 0 Å². The first-order valence-electron chi connectivity index (χ1n) is 4.64. The van der Waals surface area contributed by atoms with Crippen molar-refractivity contribution in [2.75, 3.05) is 11.4 Å². The van der Waals surface area contributed by atoms with Crippen molar-refractivity contribution in [3.63, 3.8) is 0 Å². The van der Waals surface area contributed by atoms with E-state index in [1.54, 1.807) is 11.1 Å². The van der Waals surface area contributed by atoms with Crippen LogP contribution in [0.25, 0.3) is 0 Å². The number of amides is 1.